The van der Waals surface area contributed by atoms with Crippen LogP contribution in [0.15, 0.2) is 42.5 Å². The first-order chi connectivity index (χ1) is 14.5. The molecule has 7 nitrogen and oxygen atoms in total. The smallest absolute Gasteiger partial charge is 0.344 e. The Hall–Kier alpha value is -3.22. The molecular weight excluding hydrogens is 386 g/mol. The van der Waals surface area contributed by atoms with E-state index in [0.29, 0.717) is 22.9 Å². The Balaban J connectivity index is 1.24. The highest BCUT2D eigenvalue weighted by molar-refractivity contribution is 5.93. The van der Waals surface area contributed by atoms with Gasteiger partial charge in [-0.15, -0.1) is 0 Å². The molecule has 1 aliphatic carbocycles. The highest BCUT2D eigenvalue weighted by Gasteiger charge is 2.42. The third-order valence-corrected chi connectivity index (χ3v) is 5.24. The number of carbonyl (C=O) groups excluding carboxylic acids is 2. The van der Waals surface area contributed by atoms with E-state index in [9.17, 15) is 9.59 Å². The number of aryl methyl sites for hydroxylation is 1. The van der Waals surface area contributed by atoms with Crippen LogP contribution in [0.1, 0.15) is 37.7 Å². The number of benzene rings is 2. The fraction of sp³-hybridized carbons (Fsp3) is 0.391. The number of ether oxygens (including phenoxy) is 4. The lowest BCUT2D eigenvalue weighted by Crippen LogP contribution is -2.40. The monoisotopic (exact) mass is 411 g/mol. The van der Waals surface area contributed by atoms with Gasteiger partial charge in [-0.25, -0.2) is 4.79 Å². The number of hydrogen-bond acceptors (Lipinski definition) is 6. The molecule has 1 N–H and O–H groups in total. The molecule has 0 saturated heterocycles. The molecule has 7 heteroatoms. The summed E-state index contributed by atoms with van der Waals surface area (Å²) in [6.45, 7) is 1.23. The second-order valence-corrected chi connectivity index (χ2v) is 7.60. The van der Waals surface area contributed by atoms with Gasteiger partial charge >= 0.3 is 5.97 Å². The largest absolute Gasteiger partial charge is 0.482 e. The molecule has 1 heterocycles. The van der Waals surface area contributed by atoms with E-state index in [1.165, 1.54) is 6.42 Å². The summed E-state index contributed by atoms with van der Waals surface area (Å²) in [6.07, 6.45) is 5.08. The van der Waals surface area contributed by atoms with Crippen molar-refractivity contribution in [2.24, 2.45) is 0 Å². The van der Waals surface area contributed by atoms with E-state index in [0.717, 1.165) is 31.2 Å². The van der Waals surface area contributed by atoms with E-state index in [1.807, 2.05) is 25.1 Å². The van der Waals surface area contributed by atoms with E-state index in [2.05, 4.69) is 5.32 Å². The summed E-state index contributed by atoms with van der Waals surface area (Å²) in [5.74, 6) is 0.308. The molecule has 0 unspecified atom stereocenters. The van der Waals surface area contributed by atoms with Crippen molar-refractivity contribution in [3.8, 4) is 17.2 Å². The third kappa shape index (κ3) is 4.67. The first-order valence-corrected chi connectivity index (χ1v) is 10.2. The van der Waals surface area contributed by atoms with Gasteiger partial charge in [0.1, 0.15) is 5.75 Å². The van der Waals surface area contributed by atoms with Crippen molar-refractivity contribution in [1.29, 1.82) is 0 Å². The maximum Gasteiger partial charge on any atom is 0.344 e. The molecule has 1 fully saturated rings. The van der Waals surface area contributed by atoms with Gasteiger partial charge in [0.25, 0.3) is 11.7 Å². The van der Waals surface area contributed by atoms with Crippen LogP contribution < -0.4 is 19.5 Å². The summed E-state index contributed by atoms with van der Waals surface area (Å²) >= 11 is 0. The average molecular weight is 411 g/mol. The summed E-state index contributed by atoms with van der Waals surface area (Å²) in [5, 5.41) is 2.71. The van der Waals surface area contributed by atoms with Gasteiger partial charge in [-0.1, -0.05) is 24.6 Å². The van der Waals surface area contributed by atoms with Crippen molar-refractivity contribution < 1.29 is 28.5 Å². The van der Waals surface area contributed by atoms with Crippen molar-refractivity contribution in [2.45, 2.75) is 44.8 Å². The second-order valence-electron chi connectivity index (χ2n) is 7.60. The molecular formula is C23H25NO6. The molecule has 0 aromatic heterocycles. The Bertz CT molecular complexity index is 935. The zero-order chi connectivity index (χ0) is 21.0. The minimum absolute atomic E-state index is 0.260. The van der Waals surface area contributed by atoms with Gasteiger partial charge in [0.15, 0.2) is 24.7 Å². The van der Waals surface area contributed by atoms with Gasteiger partial charge < -0.3 is 24.3 Å². The van der Waals surface area contributed by atoms with Crippen molar-refractivity contribution in [3.05, 3.63) is 48.0 Å². The molecule has 30 heavy (non-hydrogen) atoms. The minimum Gasteiger partial charge on any atom is -0.482 e. The Morgan fingerprint density at radius 3 is 2.57 bits per heavy atom. The van der Waals surface area contributed by atoms with Gasteiger partial charge in [0, 0.05) is 24.6 Å². The Kier molecular flexibility index (Phi) is 5.79. The van der Waals surface area contributed by atoms with Crippen LogP contribution in [0.5, 0.6) is 17.2 Å². The number of para-hydroxylation sites is 1. The van der Waals surface area contributed by atoms with Crippen LogP contribution in [0, 0.1) is 6.92 Å². The predicted octanol–water partition coefficient (Wildman–Crippen LogP) is 3.99. The number of hydrogen-bond donors (Lipinski definition) is 1. The van der Waals surface area contributed by atoms with Crippen LogP contribution >= 0.6 is 0 Å². The van der Waals surface area contributed by atoms with Gasteiger partial charge in [0.2, 0.25) is 0 Å². The van der Waals surface area contributed by atoms with Crippen molar-refractivity contribution in [3.63, 3.8) is 0 Å². The van der Waals surface area contributed by atoms with Crippen LogP contribution in [0.3, 0.4) is 0 Å². The molecule has 0 atom stereocenters. The maximum atomic E-state index is 12.1. The van der Waals surface area contributed by atoms with E-state index >= 15 is 0 Å². The molecule has 158 valence electrons. The fourth-order valence-electron chi connectivity index (χ4n) is 3.71. The van der Waals surface area contributed by atoms with Gasteiger partial charge in [-0.2, -0.15) is 0 Å². The first-order valence-electron chi connectivity index (χ1n) is 10.2. The highest BCUT2D eigenvalue weighted by atomic mass is 16.7. The Morgan fingerprint density at radius 1 is 1.00 bits per heavy atom. The van der Waals surface area contributed by atoms with Crippen molar-refractivity contribution >= 4 is 17.6 Å². The molecule has 2 aromatic rings. The third-order valence-electron chi connectivity index (χ3n) is 5.24. The van der Waals surface area contributed by atoms with Crippen LogP contribution in [-0.4, -0.2) is 30.9 Å². The molecule has 2 aromatic carbocycles. The maximum absolute atomic E-state index is 12.1. The molecule has 2 aliphatic rings. The number of amides is 1. The predicted molar refractivity (Wildman–Crippen MR) is 110 cm³/mol. The number of nitrogens with one attached hydrogen (secondary N) is 1. The van der Waals surface area contributed by atoms with Gasteiger partial charge in [0.05, 0.1) is 0 Å². The van der Waals surface area contributed by atoms with E-state index in [1.54, 1.807) is 24.3 Å². The summed E-state index contributed by atoms with van der Waals surface area (Å²) in [6, 6.07) is 12.6. The fourth-order valence-corrected chi connectivity index (χ4v) is 3.71. The summed E-state index contributed by atoms with van der Waals surface area (Å²) in [5.41, 5.74) is 1.48. The highest BCUT2D eigenvalue weighted by Crippen LogP contribution is 2.46. The standard InChI is InChI=1S/C23H25NO6/c1-16-7-3-4-8-18(16)27-15-22(26)28-14-21(25)24-17-9-10-19-20(13-17)30-23(29-19)11-5-2-6-12-23/h3-4,7-10,13H,2,5-6,11-12,14-15H2,1H3,(H,24,25). The lowest BCUT2D eigenvalue weighted by atomic mass is 9.94. The summed E-state index contributed by atoms with van der Waals surface area (Å²) in [7, 11) is 0. The number of rotatable bonds is 6. The molecule has 1 aliphatic heterocycles. The SMILES string of the molecule is Cc1ccccc1OCC(=O)OCC(=O)Nc1ccc2c(c1)OC1(CCCCC1)O2. The van der Waals surface area contributed by atoms with Gasteiger partial charge in [-0.05, 0) is 43.5 Å². The minimum atomic E-state index is -0.613. The molecule has 1 saturated carbocycles. The topological polar surface area (TPSA) is 83.1 Å². The van der Waals surface area contributed by atoms with Crippen LogP contribution in [0.2, 0.25) is 0 Å². The lowest BCUT2D eigenvalue weighted by Gasteiger charge is -2.31. The van der Waals surface area contributed by atoms with Crippen LogP contribution in [0.25, 0.3) is 0 Å². The number of fused-ring (bicyclic) bond motifs is 1. The zero-order valence-corrected chi connectivity index (χ0v) is 16.9. The van der Waals surface area contributed by atoms with Gasteiger partial charge in [-0.3, -0.25) is 4.79 Å². The summed E-state index contributed by atoms with van der Waals surface area (Å²) < 4.78 is 22.5. The summed E-state index contributed by atoms with van der Waals surface area (Å²) in [4.78, 5) is 24.0. The molecule has 4 rings (SSSR count). The Morgan fingerprint density at radius 2 is 1.77 bits per heavy atom. The average Bonchev–Trinajstić information content (AvgIpc) is 3.08. The van der Waals surface area contributed by atoms with E-state index < -0.39 is 24.3 Å². The number of esters is 1. The number of anilines is 1. The van der Waals surface area contributed by atoms with E-state index in [4.69, 9.17) is 18.9 Å². The van der Waals surface area contributed by atoms with Crippen LogP contribution in [-0.2, 0) is 14.3 Å². The second kappa shape index (κ2) is 8.65. The lowest BCUT2D eigenvalue weighted by molar-refractivity contribution is -0.149. The first kappa shape index (κ1) is 20.1. The number of carbonyl (C=O) groups is 2. The van der Waals surface area contributed by atoms with Crippen molar-refractivity contribution in [1.82, 2.24) is 0 Å². The van der Waals surface area contributed by atoms with Crippen LogP contribution in [0.4, 0.5) is 5.69 Å². The normalized spacial score (nSPS) is 16.2. The van der Waals surface area contributed by atoms with E-state index in [-0.39, 0.29) is 6.61 Å². The Labute approximate surface area is 175 Å². The quantitative estimate of drug-likeness (QED) is 0.724. The molecule has 0 radical (unpaired) electrons. The molecule has 1 spiro atoms. The van der Waals surface area contributed by atoms with Crippen molar-refractivity contribution in [2.75, 3.05) is 18.5 Å². The molecule has 0 bridgehead atoms. The zero-order valence-electron chi connectivity index (χ0n) is 16.9. The molecule has 1 amide bonds.